The molecule has 112 valence electrons. The maximum Gasteiger partial charge on any atom is 0.324 e. The Bertz CT molecular complexity index is 430. The summed E-state index contributed by atoms with van der Waals surface area (Å²) in [5.41, 5.74) is 0. The number of rotatable bonds is 6. The number of ether oxygens (including phenoxy) is 1. The van der Waals surface area contributed by atoms with Crippen molar-refractivity contribution >= 4 is 22.1 Å². The molecule has 1 N–H and O–H groups in total. The lowest BCUT2D eigenvalue weighted by Gasteiger charge is -2.28. The lowest BCUT2D eigenvalue weighted by atomic mass is 10.1. The van der Waals surface area contributed by atoms with Crippen molar-refractivity contribution in [3.05, 3.63) is 0 Å². The number of nitrogens with zero attached hydrogens (tertiary/aromatic N) is 1. The van der Waals surface area contributed by atoms with Crippen molar-refractivity contribution in [1.29, 1.82) is 0 Å². The minimum absolute atomic E-state index is 0.303. The molecule has 1 amide bonds. The molecule has 0 aliphatic heterocycles. The van der Waals surface area contributed by atoms with Gasteiger partial charge in [-0.2, -0.15) is 13.1 Å². The van der Waals surface area contributed by atoms with Crippen LogP contribution in [0.2, 0.25) is 0 Å². The van der Waals surface area contributed by atoms with Gasteiger partial charge in [0.15, 0.2) is 0 Å². The minimum atomic E-state index is -4.09. The van der Waals surface area contributed by atoms with Crippen molar-refractivity contribution in [2.24, 2.45) is 5.92 Å². The Morgan fingerprint density at radius 1 is 1.16 bits per heavy atom. The van der Waals surface area contributed by atoms with Gasteiger partial charge in [-0.15, -0.1) is 0 Å². The van der Waals surface area contributed by atoms with Gasteiger partial charge in [0.1, 0.15) is 6.04 Å². The Hall–Kier alpha value is -1.15. The van der Waals surface area contributed by atoms with Crippen LogP contribution in [0.25, 0.3) is 0 Å². The third-order valence-corrected chi connectivity index (χ3v) is 4.18. The van der Waals surface area contributed by atoms with Crippen LogP contribution in [-0.4, -0.2) is 43.8 Å². The van der Waals surface area contributed by atoms with Gasteiger partial charge in [-0.05, 0) is 19.8 Å². The largest absolute Gasteiger partial charge is 0.468 e. The second kappa shape index (κ2) is 6.85. The molecular formula is C11H22N2O5S. The minimum Gasteiger partial charge on any atom is -0.468 e. The number of amides is 1. The Morgan fingerprint density at radius 3 is 1.89 bits per heavy atom. The third kappa shape index (κ3) is 4.79. The van der Waals surface area contributed by atoms with Gasteiger partial charge in [0.05, 0.1) is 7.11 Å². The fraction of sp³-hybridized carbons (Fsp3) is 0.818. The third-order valence-electron chi connectivity index (χ3n) is 2.44. The number of hydrogen-bond donors (Lipinski definition) is 1. The van der Waals surface area contributed by atoms with Gasteiger partial charge < -0.3 is 4.74 Å². The monoisotopic (exact) mass is 294 g/mol. The average molecular weight is 294 g/mol. The molecule has 0 rings (SSSR count). The predicted molar refractivity (Wildman–Crippen MR) is 70.4 cm³/mol. The van der Waals surface area contributed by atoms with E-state index in [9.17, 15) is 18.0 Å². The van der Waals surface area contributed by atoms with Crippen molar-refractivity contribution < 1.29 is 22.7 Å². The first-order valence-corrected chi connectivity index (χ1v) is 7.38. The molecule has 8 heteroatoms. The van der Waals surface area contributed by atoms with Gasteiger partial charge in [-0.3, -0.25) is 9.59 Å². The van der Waals surface area contributed by atoms with Crippen LogP contribution in [0.5, 0.6) is 0 Å². The molecule has 0 radical (unpaired) electrons. The fourth-order valence-corrected chi connectivity index (χ4v) is 3.31. The van der Waals surface area contributed by atoms with Crippen LogP contribution in [0.3, 0.4) is 0 Å². The summed E-state index contributed by atoms with van der Waals surface area (Å²) in [7, 11) is -2.91. The van der Waals surface area contributed by atoms with Crippen molar-refractivity contribution in [3.63, 3.8) is 0 Å². The summed E-state index contributed by atoms with van der Waals surface area (Å²) < 4.78 is 31.7. The molecule has 0 saturated carbocycles. The second-order valence-electron chi connectivity index (χ2n) is 4.78. The van der Waals surface area contributed by atoms with Crippen molar-refractivity contribution in [1.82, 2.24) is 9.03 Å². The molecule has 0 aliphatic carbocycles. The lowest BCUT2D eigenvalue weighted by molar-refractivity contribution is -0.143. The Balaban J connectivity index is 5.31. The normalized spacial score (nSPS) is 13.5. The zero-order valence-electron chi connectivity index (χ0n) is 12.1. The first-order valence-electron chi connectivity index (χ1n) is 5.94. The molecule has 0 aromatic rings. The van der Waals surface area contributed by atoms with Crippen molar-refractivity contribution in [3.8, 4) is 0 Å². The fourth-order valence-electron chi connectivity index (χ4n) is 1.61. The maximum atomic E-state index is 12.1. The van der Waals surface area contributed by atoms with E-state index in [4.69, 9.17) is 0 Å². The van der Waals surface area contributed by atoms with Crippen LogP contribution >= 0.6 is 0 Å². The highest BCUT2D eigenvalue weighted by molar-refractivity contribution is 7.87. The van der Waals surface area contributed by atoms with E-state index in [1.807, 2.05) is 0 Å². The standard InChI is InChI=1S/C11H22N2O5S/c1-7(2)10(11(15)18-6)12-19(16,17)13(8(3)4)9(5)14/h7-8,10,12H,1-6H3. The van der Waals surface area contributed by atoms with Crippen molar-refractivity contribution in [2.45, 2.75) is 46.7 Å². The molecule has 0 heterocycles. The molecule has 1 atom stereocenters. The molecule has 0 aliphatic rings. The number of methoxy groups -OCH3 is 1. The summed E-state index contributed by atoms with van der Waals surface area (Å²) in [6.45, 7) is 7.66. The summed E-state index contributed by atoms with van der Waals surface area (Å²) in [6, 6.07) is -1.57. The van der Waals surface area contributed by atoms with E-state index in [1.165, 1.54) is 7.11 Å². The molecule has 0 saturated heterocycles. The van der Waals surface area contributed by atoms with E-state index < -0.39 is 34.2 Å². The van der Waals surface area contributed by atoms with Crippen molar-refractivity contribution in [2.75, 3.05) is 7.11 Å². The van der Waals surface area contributed by atoms with Crippen LogP contribution in [0.4, 0.5) is 0 Å². The predicted octanol–water partition coefficient (Wildman–Crippen LogP) is 0.275. The highest BCUT2D eigenvalue weighted by Gasteiger charge is 2.34. The Morgan fingerprint density at radius 2 is 1.63 bits per heavy atom. The van der Waals surface area contributed by atoms with Crippen LogP contribution in [0.15, 0.2) is 0 Å². The Kier molecular flexibility index (Phi) is 6.44. The Labute approximate surface area is 114 Å². The summed E-state index contributed by atoms with van der Waals surface area (Å²) in [4.78, 5) is 23.0. The van der Waals surface area contributed by atoms with E-state index >= 15 is 0 Å². The molecule has 7 nitrogen and oxygen atoms in total. The molecule has 1 unspecified atom stereocenters. The number of carbonyl (C=O) groups is 2. The smallest absolute Gasteiger partial charge is 0.324 e. The van der Waals surface area contributed by atoms with Crippen LogP contribution in [0, 0.1) is 5.92 Å². The van der Waals surface area contributed by atoms with E-state index in [1.54, 1.807) is 27.7 Å². The molecule has 19 heavy (non-hydrogen) atoms. The second-order valence-corrected chi connectivity index (χ2v) is 6.36. The lowest BCUT2D eigenvalue weighted by Crippen LogP contribution is -2.53. The molecule has 0 fully saturated rings. The van der Waals surface area contributed by atoms with E-state index in [0.29, 0.717) is 4.31 Å². The zero-order valence-corrected chi connectivity index (χ0v) is 12.9. The highest BCUT2D eigenvalue weighted by Crippen LogP contribution is 2.11. The summed E-state index contributed by atoms with van der Waals surface area (Å²) in [5, 5.41) is 0. The van der Waals surface area contributed by atoms with Crippen LogP contribution < -0.4 is 4.72 Å². The van der Waals surface area contributed by atoms with E-state index in [-0.39, 0.29) is 5.92 Å². The van der Waals surface area contributed by atoms with Gasteiger partial charge >= 0.3 is 16.2 Å². The quantitative estimate of drug-likeness (QED) is 0.710. The van der Waals surface area contributed by atoms with Crippen LogP contribution in [-0.2, 0) is 24.5 Å². The van der Waals surface area contributed by atoms with Gasteiger partial charge in [0, 0.05) is 13.0 Å². The van der Waals surface area contributed by atoms with Gasteiger partial charge in [-0.25, -0.2) is 4.31 Å². The highest BCUT2D eigenvalue weighted by atomic mass is 32.2. The van der Waals surface area contributed by atoms with E-state index in [2.05, 4.69) is 9.46 Å². The zero-order chi connectivity index (χ0) is 15.4. The molecule has 0 aromatic carbocycles. The topological polar surface area (TPSA) is 92.8 Å². The summed E-state index contributed by atoms with van der Waals surface area (Å²) >= 11 is 0. The van der Waals surface area contributed by atoms with Crippen LogP contribution in [0.1, 0.15) is 34.6 Å². The molecule has 0 aromatic heterocycles. The average Bonchev–Trinajstić information content (AvgIpc) is 2.22. The van der Waals surface area contributed by atoms with Gasteiger partial charge in [0.25, 0.3) is 0 Å². The number of hydrogen-bond acceptors (Lipinski definition) is 5. The summed E-state index contributed by atoms with van der Waals surface area (Å²) in [5.74, 6) is -1.61. The number of esters is 1. The van der Waals surface area contributed by atoms with Gasteiger partial charge in [-0.1, -0.05) is 13.8 Å². The number of nitrogens with one attached hydrogen (secondary N) is 1. The molecule has 0 spiro atoms. The first kappa shape index (κ1) is 17.8. The molecular weight excluding hydrogens is 272 g/mol. The summed E-state index contributed by atoms with van der Waals surface area (Å²) in [6.07, 6.45) is 0. The molecule has 0 bridgehead atoms. The SMILES string of the molecule is COC(=O)C(NS(=O)(=O)N(C(C)=O)C(C)C)C(C)C. The maximum absolute atomic E-state index is 12.1. The number of carbonyl (C=O) groups excluding carboxylic acids is 2. The first-order chi connectivity index (χ1) is 8.54. The van der Waals surface area contributed by atoms with Gasteiger partial charge in [0.2, 0.25) is 5.91 Å². The van der Waals surface area contributed by atoms with E-state index in [0.717, 1.165) is 6.92 Å².